The summed E-state index contributed by atoms with van der Waals surface area (Å²) in [5, 5.41) is 8.37. The van der Waals surface area contributed by atoms with Crippen LogP contribution >= 0.6 is 11.3 Å². The van der Waals surface area contributed by atoms with Crippen molar-refractivity contribution in [3.8, 4) is 0 Å². The number of ether oxygens (including phenoxy) is 1. The average molecular weight is 506 g/mol. The Kier molecular flexibility index (Phi) is 6.26. The fourth-order valence-electron chi connectivity index (χ4n) is 4.83. The van der Waals surface area contributed by atoms with Crippen LogP contribution in [0.3, 0.4) is 0 Å². The predicted molar refractivity (Wildman–Crippen MR) is 139 cm³/mol. The highest BCUT2D eigenvalue weighted by Crippen LogP contribution is 2.32. The van der Waals surface area contributed by atoms with Crippen LogP contribution in [0.25, 0.3) is 0 Å². The van der Waals surface area contributed by atoms with Gasteiger partial charge in [-0.05, 0) is 23.8 Å². The third-order valence-corrected chi connectivity index (χ3v) is 7.57. The molecule has 2 saturated heterocycles. The largest absolute Gasteiger partial charge is 0.378 e. The van der Waals surface area contributed by atoms with Crippen molar-refractivity contribution in [2.24, 2.45) is 0 Å². The molecule has 1 aromatic carbocycles. The van der Waals surface area contributed by atoms with Gasteiger partial charge in [-0.2, -0.15) is 0 Å². The monoisotopic (exact) mass is 505 g/mol. The van der Waals surface area contributed by atoms with Crippen LogP contribution in [0.2, 0.25) is 0 Å². The molecule has 0 bridgehead atoms. The number of morpholine rings is 1. The quantitative estimate of drug-likeness (QED) is 0.544. The SMILES string of the molecule is O=C(Nc1cnccc1N1CCNCC1)c1nc(N2Cc3ccc(N4CCOCC4)cc3C2=O)cs1. The first kappa shape index (κ1) is 22.9. The Bertz CT molecular complexity index is 1280. The molecule has 36 heavy (non-hydrogen) atoms. The van der Waals surface area contributed by atoms with Gasteiger partial charge in [0.1, 0.15) is 5.82 Å². The van der Waals surface area contributed by atoms with Crippen molar-refractivity contribution >= 4 is 46.0 Å². The summed E-state index contributed by atoms with van der Waals surface area (Å²) < 4.78 is 5.44. The molecule has 0 unspecified atom stereocenters. The third kappa shape index (κ3) is 4.41. The molecule has 5 heterocycles. The van der Waals surface area contributed by atoms with Crippen molar-refractivity contribution in [2.45, 2.75) is 6.54 Å². The van der Waals surface area contributed by atoms with Crippen LogP contribution in [0.4, 0.5) is 22.9 Å². The smallest absolute Gasteiger partial charge is 0.284 e. The van der Waals surface area contributed by atoms with Crippen molar-refractivity contribution < 1.29 is 14.3 Å². The molecular weight excluding hydrogens is 478 g/mol. The number of benzene rings is 1. The van der Waals surface area contributed by atoms with Gasteiger partial charge in [0.15, 0.2) is 5.01 Å². The van der Waals surface area contributed by atoms with Crippen molar-refractivity contribution in [2.75, 3.05) is 72.5 Å². The highest BCUT2D eigenvalue weighted by molar-refractivity contribution is 7.12. The number of hydrogen-bond acceptors (Lipinski definition) is 9. The second-order valence-electron chi connectivity index (χ2n) is 8.93. The molecule has 0 radical (unpaired) electrons. The lowest BCUT2D eigenvalue weighted by molar-refractivity contribution is 0.0991. The van der Waals surface area contributed by atoms with E-state index in [4.69, 9.17) is 4.74 Å². The molecule has 2 fully saturated rings. The summed E-state index contributed by atoms with van der Waals surface area (Å²) in [4.78, 5) is 41.1. The van der Waals surface area contributed by atoms with Crippen LogP contribution in [-0.2, 0) is 11.3 Å². The fraction of sp³-hybridized carbons (Fsp3) is 0.360. The van der Waals surface area contributed by atoms with E-state index in [2.05, 4.69) is 36.5 Å². The number of nitrogens with one attached hydrogen (secondary N) is 2. The first-order valence-electron chi connectivity index (χ1n) is 12.1. The number of nitrogens with zero attached hydrogens (tertiary/aromatic N) is 5. The number of anilines is 4. The summed E-state index contributed by atoms with van der Waals surface area (Å²) in [6, 6.07) is 7.95. The maximum Gasteiger partial charge on any atom is 0.284 e. The highest BCUT2D eigenvalue weighted by atomic mass is 32.1. The van der Waals surface area contributed by atoms with Gasteiger partial charge < -0.3 is 25.2 Å². The summed E-state index contributed by atoms with van der Waals surface area (Å²) in [6.07, 6.45) is 3.39. The zero-order chi connectivity index (χ0) is 24.5. The molecule has 3 aliphatic rings. The Morgan fingerprint density at radius 2 is 1.92 bits per heavy atom. The minimum absolute atomic E-state index is 0.0920. The zero-order valence-corrected chi connectivity index (χ0v) is 20.6. The van der Waals surface area contributed by atoms with E-state index in [0.717, 1.165) is 56.2 Å². The number of hydrogen-bond donors (Lipinski definition) is 2. The van der Waals surface area contributed by atoms with Crippen LogP contribution in [0.15, 0.2) is 42.0 Å². The molecule has 11 heteroatoms. The first-order valence-corrected chi connectivity index (χ1v) is 13.0. The average Bonchev–Trinajstić information content (AvgIpc) is 3.55. The van der Waals surface area contributed by atoms with Crippen LogP contribution < -0.4 is 25.3 Å². The summed E-state index contributed by atoms with van der Waals surface area (Å²) in [5.74, 6) is 0.0906. The minimum Gasteiger partial charge on any atom is -0.378 e. The number of amides is 2. The van der Waals surface area contributed by atoms with E-state index in [1.807, 2.05) is 18.2 Å². The number of aromatic nitrogens is 2. The van der Waals surface area contributed by atoms with Gasteiger partial charge in [0, 0.05) is 62.1 Å². The summed E-state index contributed by atoms with van der Waals surface area (Å²) >= 11 is 1.23. The summed E-state index contributed by atoms with van der Waals surface area (Å²) in [6.45, 7) is 6.96. The number of carbonyl (C=O) groups excluding carboxylic acids is 2. The highest BCUT2D eigenvalue weighted by Gasteiger charge is 2.31. The molecule has 2 aromatic heterocycles. The predicted octanol–water partition coefficient (Wildman–Crippen LogP) is 2.20. The molecular formula is C25H27N7O3S. The molecule has 6 rings (SSSR count). The maximum absolute atomic E-state index is 13.2. The Hall–Kier alpha value is -3.54. The molecule has 2 N–H and O–H groups in total. The second-order valence-corrected chi connectivity index (χ2v) is 9.79. The number of pyridine rings is 1. The van der Waals surface area contributed by atoms with E-state index in [1.54, 1.807) is 22.7 Å². The normalized spacial score (nSPS) is 17.9. The van der Waals surface area contributed by atoms with Gasteiger partial charge in [-0.1, -0.05) is 6.07 Å². The maximum atomic E-state index is 13.2. The Balaban J connectivity index is 1.17. The summed E-state index contributed by atoms with van der Waals surface area (Å²) in [7, 11) is 0. The van der Waals surface area contributed by atoms with Crippen molar-refractivity contribution in [3.63, 3.8) is 0 Å². The van der Waals surface area contributed by atoms with E-state index in [-0.39, 0.29) is 11.8 Å². The van der Waals surface area contributed by atoms with Gasteiger partial charge >= 0.3 is 0 Å². The number of carbonyl (C=O) groups is 2. The number of fused-ring (bicyclic) bond motifs is 1. The van der Waals surface area contributed by atoms with Crippen LogP contribution in [0.1, 0.15) is 25.7 Å². The van der Waals surface area contributed by atoms with E-state index in [0.29, 0.717) is 41.8 Å². The Labute approximate surface area is 212 Å². The van der Waals surface area contributed by atoms with Crippen LogP contribution in [-0.4, -0.2) is 74.3 Å². The molecule has 186 valence electrons. The van der Waals surface area contributed by atoms with Gasteiger partial charge in [-0.25, -0.2) is 4.98 Å². The topological polar surface area (TPSA) is 103 Å². The Morgan fingerprint density at radius 3 is 2.75 bits per heavy atom. The third-order valence-electron chi connectivity index (χ3n) is 6.74. The molecule has 10 nitrogen and oxygen atoms in total. The standard InChI is InChI=1S/C25H27N7O3S/c33-23(28-20-14-27-4-3-21(20)31-7-5-26-6-8-31)24-29-22(16-36-24)32-15-17-1-2-18(13-19(17)25(32)34)30-9-11-35-12-10-30/h1-4,13-14,16,26H,5-12,15H2,(H,28,33). The summed E-state index contributed by atoms with van der Waals surface area (Å²) in [5.41, 5.74) is 4.28. The van der Waals surface area contributed by atoms with E-state index in [9.17, 15) is 9.59 Å². The van der Waals surface area contributed by atoms with Crippen molar-refractivity contribution in [1.29, 1.82) is 0 Å². The second kappa shape index (κ2) is 9.84. The van der Waals surface area contributed by atoms with Gasteiger partial charge in [-0.3, -0.25) is 19.5 Å². The number of thiazole rings is 1. The molecule has 3 aromatic rings. The molecule has 2 amide bonds. The van der Waals surface area contributed by atoms with Crippen molar-refractivity contribution in [1.82, 2.24) is 15.3 Å². The number of rotatable bonds is 5. The minimum atomic E-state index is -0.311. The fourth-order valence-corrected chi connectivity index (χ4v) is 5.53. The van der Waals surface area contributed by atoms with E-state index < -0.39 is 0 Å². The lowest BCUT2D eigenvalue weighted by Gasteiger charge is -2.30. The van der Waals surface area contributed by atoms with E-state index >= 15 is 0 Å². The van der Waals surface area contributed by atoms with Gasteiger partial charge in [0.25, 0.3) is 11.8 Å². The van der Waals surface area contributed by atoms with Gasteiger partial charge in [0.05, 0.1) is 37.3 Å². The molecule has 0 saturated carbocycles. The van der Waals surface area contributed by atoms with Crippen LogP contribution in [0.5, 0.6) is 0 Å². The lowest BCUT2D eigenvalue weighted by atomic mass is 10.1. The Morgan fingerprint density at radius 1 is 1.08 bits per heavy atom. The van der Waals surface area contributed by atoms with Gasteiger partial charge in [-0.15, -0.1) is 11.3 Å². The van der Waals surface area contributed by atoms with Crippen LogP contribution in [0, 0.1) is 0 Å². The number of piperazine rings is 1. The molecule has 0 atom stereocenters. The van der Waals surface area contributed by atoms with Crippen molar-refractivity contribution in [3.05, 3.63) is 58.2 Å². The zero-order valence-electron chi connectivity index (χ0n) is 19.8. The van der Waals surface area contributed by atoms with E-state index in [1.165, 1.54) is 11.3 Å². The molecule has 3 aliphatic heterocycles. The molecule has 0 aliphatic carbocycles. The lowest BCUT2D eigenvalue weighted by Crippen LogP contribution is -2.43. The first-order chi connectivity index (χ1) is 17.7. The van der Waals surface area contributed by atoms with Gasteiger partial charge in [0.2, 0.25) is 0 Å². The molecule has 0 spiro atoms.